The minimum atomic E-state index is -3.62. The molecule has 1 saturated heterocycles. The predicted molar refractivity (Wildman–Crippen MR) is 117 cm³/mol. The Kier molecular flexibility index (Phi) is 4.49. The van der Waals surface area contributed by atoms with Crippen LogP contribution in [0.25, 0.3) is 21.0 Å². The quantitative estimate of drug-likeness (QED) is 0.502. The van der Waals surface area contributed by atoms with Crippen LogP contribution in [0.15, 0.2) is 58.9 Å². The van der Waals surface area contributed by atoms with Gasteiger partial charge in [0, 0.05) is 53.5 Å². The molecule has 148 valence electrons. The second-order valence-electron chi connectivity index (χ2n) is 7.14. The van der Waals surface area contributed by atoms with E-state index in [4.69, 9.17) is 0 Å². The van der Waals surface area contributed by atoms with Gasteiger partial charge in [0.05, 0.1) is 5.52 Å². The topological polar surface area (TPSA) is 66.4 Å². The summed E-state index contributed by atoms with van der Waals surface area (Å²) in [7, 11) is -3.62. The molecule has 1 aliphatic rings. The van der Waals surface area contributed by atoms with E-state index in [-0.39, 0.29) is 4.90 Å². The molecule has 4 heterocycles. The molecule has 0 aliphatic carbocycles. The molecule has 0 amide bonds. The normalized spacial score (nSPS) is 16.0. The first-order valence-corrected chi connectivity index (χ1v) is 11.8. The number of anilines is 1. The van der Waals surface area contributed by atoms with Gasteiger partial charge in [-0.2, -0.15) is 4.31 Å². The molecular weight excluding hydrogens is 404 g/mol. The van der Waals surface area contributed by atoms with E-state index in [0.29, 0.717) is 31.7 Å². The molecule has 0 saturated carbocycles. The molecule has 8 heteroatoms. The number of aryl methyl sites for hydroxylation is 1. The number of sulfonamides is 1. The largest absolute Gasteiger partial charge is 0.353 e. The van der Waals surface area contributed by atoms with E-state index < -0.39 is 10.0 Å². The molecule has 1 fully saturated rings. The number of nitrogens with zero attached hydrogens (tertiary/aromatic N) is 4. The third kappa shape index (κ3) is 3.17. The van der Waals surface area contributed by atoms with Crippen molar-refractivity contribution in [3.8, 4) is 0 Å². The van der Waals surface area contributed by atoms with E-state index in [1.165, 1.54) is 4.70 Å². The Hall–Kier alpha value is -2.55. The molecule has 4 aromatic rings. The number of hydrogen-bond acceptors (Lipinski definition) is 6. The monoisotopic (exact) mass is 424 g/mol. The summed E-state index contributed by atoms with van der Waals surface area (Å²) in [5, 5.41) is 4.03. The first-order valence-electron chi connectivity index (χ1n) is 9.48. The van der Waals surface area contributed by atoms with Crippen LogP contribution in [0.1, 0.15) is 5.69 Å². The third-order valence-electron chi connectivity index (χ3n) is 5.34. The van der Waals surface area contributed by atoms with Crippen molar-refractivity contribution in [2.75, 3.05) is 31.1 Å². The number of fused-ring (bicyclic) bond motifs is 2. The smallest absolute Gasteiger partial charge is 0.245 e. The summed E-state index contributed by atoms with van der Waals surface area (Å²) in [5.74, 6) is 0.934. The van der Waals surface area contributed by atoms with Gasteiger partial charge in [-0.15, -0.1) is 11.3 Å². The summed E-state index contributed by atoms with van der Waals surface area (Å²) in [6.07, 6.45) is 1.82. The average Bonchev–Trinajstić information content (AvgIpc) is 3.22. The minimum Gasteiger partial charge on any atom is -0.353 e. The summed E-state index contributed by atoms with van der Waals surface area (Å²) in [6.45, 7) is 3.94. The highest BCUT2D eigenvalue weighted by Crippen LogP contribution is 2.30. The molecule has 0 unspecified atom stereocenters. The highest BCUT2D eigenvalue weighted by atomic mass is 32.2. The maximum atomic E-state index is 13.4. The molecule has 0 atom stereocenters. The van der Waals surface area contributed by atoms with Gasteiger partial charge < -0.3 is 4.90 Å². The molecule has 0 bridgehead atoms. The summed E-state index contributed by atoms with van der Waals surface area (Å²) in [6, 6.07) is 13.2. The van der Waals surface area contributed by atoms with Crippen LogP contribution in [0.4, 0.5) is 5.82 Å². The SMILES string of the molecule is Cc1ccc2cccc(S(=O)(=O)N3CCN(c4nccc5sccc45)CC3)c2n1. The molecule has 29 heavy (non-hydrogen) atoms. The molecular formula is C21H20N4O2S2. The van der Waals surface area contributed by atoms with Gasteiger partial charge in [-0.3, -0.25) is 4.98 Å². The van der Waals surface area contributed by atoms with Crippen molar-refractivity contribution >= 4 is 48.2 Å². The van der Waals surface area contributed by atoms with Gasteiger partial charge in [0.15, 0.2) is 0 Å². The van der Waals surface area contributed by atoms with Crippen molar-refractivity contribution in [3.05, 3.63) is 59.7 Å². The maximum Gasteiger partial charge on any atom is 0.245 e. The molecule has 0 spiro atoms. The van der Waals surface area contributed by atoms with Crippen molar-refractivity contribution in [1.29, 1.82) is 0 Å². The first kappa shape index (κ1) is 18.5. The number of rotatable bonds is 3. The Morgan fingerprint density at radius 3 is 2.66 bits per heavy atom. The van der Waals surface area contributed by atoms with Crippen LogP contribution in [-0.4, -0.2) is 48.9 Å². The molecule has 6 nitrogen and oxygen atoms in total. The van der Waals surface area contributed by atoms with E-state index in [1.54, 1.807) is 27.8 Å². The third-order valence-corrected chi connectivity index (χ3v) is 8.15. The number of para-hydroxylation sites is 1. The predicted octanol–water partition coefficient (Wildman–Crippen LogP) is 3.66. The molecule has 3 aromatic heterocycles. The second-order valence-corrected chi connectivity index (χ2v) is 9.99. The van der Waals surface area contributed by atoms with Crippen LogP contribution < -0.4 is 4.90 Å². The summed E-state index contributed by atoms with van der Waals surface area (Å²) in [5.41, 5.74) is 1.35. The minimum absolute atomic E-state index is 0.283. The second kappa shape index (κ2) is 7.05. The number of hydrogen-bond donors (Lipinski definition) is 0. The lowest BCUT2D eigenvalue weighted by atomic mass is 10.2. The number of piperazine rings is 1. The van der Waals surface area contributed by atoms with Crippen LogP contribution in [-0.2, 0) is 10.0 Å². The van der Waals surface area contributed by atoms with Crippen LogP contribution >= 0.6 is 11.3 Å². The maximum absolute atomic E-state index is 13.4. The van der Waals surface area contributed by atoms with Crippen molar-refractivity contribution in [2.24, 2.45) is 0 Å². The Bertz CT molecular complexity index is 1310. The average molecular weight is 425 g/mol. The fourth-order valence-corrected chi connectivity index (χ4v) is 6.19. The van der Waals surface area contributed by atoms with E-state index in [0.717, 1.165) is 22.3 Å². The van der Waals surface area contributed by atoms with Crippen LogP contribution in [0.2, 0.25) is 0 Å². The Morgan fingerprint density at radius 2 is 1.83 bits per heavy atom. The molecule has 1 aliphatic heterocycles. The zero-order valence-corrected chi connectivity index (χ0v) is 17.6. The highest BCUT2D eigenvalue weighted by molar-refractivity contribution is 7.89. The summed E-state index contributed by atoms with van der Waals surface area (Å²) < 4.78 is 29.5. The molecule has 0 N–H and O–H groups in total. The van der Waals surface area contributed by atoms with Gasteiger partial charge >= 0.3 is 0 Å². The molecule has 5 rings (SSSR count). The Morgan fingerprint density at radius 1 is 1.00 bits per heavy atom. The van der Waals surface area contributed by atoms with Crippen LogP contribution in [0.5, 0.6) is 0 Å². The van der Waals surface area contributed by atoms with E-state index in [2.05, 4.69) is 26.3 Å². The van der Waals surface area contributed by atoms with Crippen molar-refractivity contribution in [3.63, 3.8) is 0 Å². The number of aromatic nitrogens is 2. The Balaban J connectivity index is 1.43. The molecule has 0 radical (unpaired) electrons. The van der Waals surface area contributed by atoms with Crippen molar-refractivity contribution < 1.29 is 8.42 Å². The van der Waals surface area contributed by atoms with Gasteiger partial charge in [-0.25, -0.2) is 13.4 Å². The van der Waals surface area contributed by atoms with Gasteiger partial charge in [0.25, 0.3) is 0 Å². The van der Waals surface area contributed by atoms with E-state index >= 15 is 0 Å². The standard InChI is InChI=1S/C21H20N4O2S2/c1-15-5-6-16-3-2-4-19(20(16)23-15)29(26,27)25-12-10-24(11-13-25)21-17-8-14-28-18(17)7-9-22-21/h2-9,14H,10-13H2,1H3. The van der Waals surface area contributed by atoms with Gasteiger partial charge in [-0.1, -0.05) is 18.2 Å². The Labute approximate surface area is 173 Å². The number of thiophene rings is 1. The van der Waals surface area contributed by atoms with E-state index in [9.17, 15) is 8.42 Å². The zero-order chi connectivity index (χ0) is 20.0. The summed E-state index contributed by atoms with van der Waals surface area (Å²) in [4.78, 5) is 11.5. The van der Waals surface area contributed by atoms with Crippen LogP contribution in [0.3, 0.4) is 0 Å². The van der Waals surface area contributed by atoms with E-state index in [1.807, 2.05) is 37.4 Å². The zero-order valence-electron chi connectivity index (χ0n) is 15.9. The lowest BCUT2D eigenvalue weighted by Gasteiger charge is -2.35. The van der Waals surface area contributed by atoms with Gasteiger partial charge in [0.1, 0.15) is 10.7 Å². The van der Waals surface area contributed by atoms with Gasteiger partial charge in [0.2, 0.25) is 10.0 Å². The highest BCUT2D eigenvalue weighted by Gasteiger charge is 2.31. The fourth-order valence-electron chi connectivity index (χ4n) is 3.84. The fraction of sp³-hybridized carbons (Fsp3) is 0.238. The van der Waals surface area contributed by atoms with Crippen molar-refractivity contribution in [1.82, 2.24) is 14.3 Å². The molecule has 1 aromatic carbocycles. The number of pyridine rings is 2. The first-order chi connectivity index (χ1) is 14.0. The van der Waals surface area contributed by atoms with Crippen molar-refractivity contribution in [2.45, 2.75) is 11.8 Å². The lowest BCUT2D eigenvalue weighted by molar-refractivity contribution is 0.384. The number of benzene rings is 1. The van der Waals surface area contributed by atoms with Gasteiger partial charge in [-0.05, 0) is 36.6 Å². The summed E-state index contributed by atoms with van der Waals surface area (Å²) >= 11 is 1.69. The lowest BCUT2D eigenvalue weighted by Crippen LogP contribution is -2.49. The van der Waals surface area contributed by atoms with Crippen LogP contribution in [0, 0.1) is 6.92 Å².